The standard InChI is InChI=1S/C19H13F3N4OS/c20-19(21,22)13-7-4-8-14(9-13)28-17-23-10-15-16(24-17)25-18(27)26(15)11-12-5-2-1-3-6-12/h1-10H,11H2,(H,23,24,25,27). The smallest absolute Gasteiger partial charge is 0.290 e. The lowest BCUT2D eigenvalue weighted by molar-refractivity contribution is -0.137. The molecule has 4 rings (SSSR count). The molecular weight excluding hydrogens is 389 g/mol. The predicted octanol–water partition coefficient (Wildman–Crippen LogP) is 4.34. The van der Waals surface area contributed by atoms with Crippen LogP contribution in [0.1, 0.15) is 11.1 Å². The van der Waals surface area contributed by atoms with E-state index in [0.717, 1.165) is 29.5 Å². The number of imidazole rings is 1. The third-order valence-electron chi connectivity index (χ3n) is 4.06. The van der Waals surface area contributed by atoms with Gasteiger partial charge in [-0.25, -0.2) is 14.8 Å². The number of fused-ring (bicyclic) bond motifs is 1. The largest absolute Gasteiger partial charge is 0.416 e. The molecule has 0 aliphatic rings. The van der Waals surface area contributed by atoms with Gasteiger partial charge in [0.2, 0.25) is 0 Å². The molecule has 4 aromatic rings. The Balaban J connectivity index is 1.63. The van der Waals surface area contributed by atoms with E-state index in [1.807, 2.05) is 30.3 Å². The fraction of sp³-hybridized carbons (Fsp3) is 0.105. The van der Waals surface area contributed by atoms with Crippen molar-refractivity contribution in [1.82, 2.24) is 19.5 Å². The zero-order valence-electron chi connectivity index (χ0n) is 14.3. The molecule has 2 aromatic heterocycles. The van der Waals surface area contributed by atoms with Crippen LogP contribution in [0.25, 0.3) is 11.2 Å². The summed E-state index contributed by atoms with van der Waals surface area (Å²) in [5, 5.41) is 0.250. The van der Waals surface area contributed by atoms with Crippen LogP contribution in [0.3, 0.4) is 0 Å². The fourth-order valence-corrected chi connectivity index (χ4v) is 3.53. The molecule has 2 aromatic carbocycles. The van der Waals surface area contributed by atoms with Crippen molar-refractivity contribution in [3.05, 3.63) is 82.4 Å². The molecule has 0 saturated carbocycles. The minimum atomic E-state index is -4.42. The molecule has 0 fully saturated rings. The summed E-state index contributed by atoms with van der Waals surface area (Å²) >= 11 is 0.998. The second-order valence-electron chi connectivity index (χ2n) is 6.02. The first-order valence-corrected chi connectivity index (χ1v) is 9.06. The Kier molecular flexibility index (Phi) is 4.68. The van der Waals surface area contributed by atoms with Gasteiger partial charge in [-0.05, 0) is 35.5 Å². The molecule has 0 radical (unpaired) electrons. The minimum Gasteiger partial charge on any atom is -0.290 e. The van der Waals surface area contributed by atoms with E-state index >= 15 is 0 Å². The average Bonchev–Trinajstić information content (AvgIpc) is 2.97. The van der Waals surface area contributed by atoms with Crippen LogP contribution in [-0.4, -0.2) is 19.5 Å². The van der Waals surface area contributed by atoms with E-state index in [4.69, 9.17) is 0 Å². The van der Waals surface area contributed by atoms with Gasteiger partial charge in [-0.1, -0.05) is 36.4 Å². The summed E-state index contributed by atoms with van der Waals surface area (Å²) in [4.78, 5) is 23.8. The zero-order valence-corrected chi connectivity index (χ0v) is 15.1. The molecule has 28 heavy (non-hydrogen) atoms. The molecule has 1 N–H and O–H groups in total. The summed E-state index contributed by atoms with van der Waals surface area (Å²) in [6.45, 7) is 0.364. The van der Waals surface area contributed by atoms with Gasteiger partial charge in [0.1, 0.15) is 5.52 Å². The summed E-state index contributed by atoms with van der Waals surface area (Å²) in [5.74, 6) is 0. The number of nitrogens with zero attached hydrogens (tertiary/aromatic N) is 3. The highest BCUT2D eigenvalue weighted by Crippen LogP contribution is 2.33. The lowest BCUT2D eigenvalue weighted by Crippen LogP contribution is -2.17. The van der Waals surface area contributed by atoms with Crippen molar-refractivity contribution in [3.8, 4) is 0 Å². The number of rotatable bonds is 4. The first-order chi connectivity index (χ1) is 13.4. The molecule has 0 bridgehead atoms. The zero-order chi connectivity index (χ0) is 19.7. The van der Waals surface area contributed by atoms with Crippen molar-refractivity contribution >= 4 is 22.9 Å². The van der Waals surface area contributed by atoms with E-state index in [-0.39, 0.29) is 10.8 Å². The number of hydrogen-bond acceptors (Lipinski definition) is 4. The molecule has 9 heteroatoms. The third kappa shape index (κ3) is 3.79. The number of nitrogens with one attached hydrogen (secondary N) is 1. The van der Waals surface area contributed by atoms with Crippen LogP contribution in [0.5, 0.6) is 0 Å². The van der Waals surface area contributed by atoms with Gasteiger partial charge in [-0.15, -0.1) is 0 Å². The Bertz CT molecular complexity index is 1190. The van der Waals surface area contributed by atoms with E-state index in [2.05, 4.69) is 15.0 Å². The molecule has 0 atom stereocenters. The molecule has 142 valence electrons. The van der Waals surface area contributed by atoms with Crippen LogP contribution >= 0.6 is 11.8 Å². The molecule has 0 aliphatic carbocycles. The molecule has 0 unspecified atom stereocenters. The fourth-order valence-electron chi connectivity index (χ4n) is 2.74. The Morgan fingerprint density at radius 1 is 1.07 bits per heavy atom. The van der Waals surface area contributed by atoms with Crippen LogP contribution in [0, 0.1) is 0 Å². The molecule has 0 saturated heterocycles. The van der Waals surface area contributed by atoms with E-state index in [0.29, 0.717) is 22.6 Å². The highest BCUT2D eigenvalue weighted by atomic mass is 32.2. The minimum absolute atomic E-state index is 0.250. The Morgan fingerprint density at radius 2 is 1.86 bits per heavy atom. The maximum atomic E-state index is 12.9. The number of alkyl halides is 3. The van der Waals surface area contributed by atoms with Gasteiger partial charge in [-0.2, -0.15) is 13.2 Å². The number of hydrogen-bond donors (Lipinski definition) is 1. The summed E-state index contributed by atoms with van der Waals surface area (Å²) in [6.07, 6.45) is -2.92. The van der Waals surface area contributed by atoms with E-state index in [9.17, 15) is 18.0 Å². The summed E-state index contributed by atoms with van der Waals surface area (Å²) in [7, 11) is 0. The number of aromatic nitrogens is 4. The van der Waals surface area contributed by atoms with Crippen molar-refractivity contribution in [2.45, 2.75) is 22.8 Å². The van der Waals surface area contributed by atoms with Gasteiger partial charge < -0.3 is 0 Å². The molecule has 0 amide bonds. The molecule has 0 aliphatic heterocycles. The lowest BCUT2D eigenvalue weighted by Gasteiger charge is -2.08. The quantitative estimate of drug-likeness (QED) is 0.516. The maximum absolute atomic E-state index is 12.9. The van der Waals surface area contributed by atoms with Gasteiger partial charge in [0, 0.05) is 4.90 Å². The monoisotopic (exact) mass is 402 g/mol. The first-order valence-electron chi connectivity index (χ1n) is 8.25. The van der Waals surface area contributed by atoms with Gasteiger partial charge in [0.25, 0.3) is 0 Å². The molecular formula is C19H13F3N4OS. The highest BCUT2D eigenvalue weighted by Gasteiger charge is 2.30. The lowest BCUT2D eigenvalue weighted by atomic mass is 10.2. The summed E-state index contributed by atoms with van der Waals surface area (Å²) in [6, 6.07) is 14.4. The van der Waals surface area contributed by atoms with Crippen molar-refractivity contribution in [2.24, 2.45) is 0 Å². The normalized spacial score (nSPS) is 11.8. The number of H-pyrrole nitrogens is 1. The van der Waals surface area contributed by atoms with Crippen molar-refractivity contribution in [1.29, 1.82) is 0 Å². The van der Waals surface area contributed by atoms with Crippen LogP contribution < -0.4 is 5.69 Å². The maximum Gasteiger partial charge on any atom is 0.416 e. The summed E-state index contributed by atoms with van der Waals surface area (Å²) in [5.41, 5.74) is 0.760. The number of halogens is 3. The average molecular weight is 402 g/mol. The second-order valence-corrected chi connectivity index (χ2v) is 7.06. The first kappa shape index (κ1) is 18.3. The number of benzene rings is 2. The third-order valence-corrected chi connectivity index (χ3v) is 4.93. The summed E-state index contributed by atoms with van der Waals surface area (Å²) < 4.78 is 40.1. The van der Waals surface area contributed by atoms with E-state index in [1.54, 1.807) is 6.07 Å². The Hall–Kier alpha value is -3.07. The molecule has 5 nitrogen and oxygen atoms in total. The van der Waals surface area contributed by atoms with Crippen LogP contribution in [0.15, 0.2) is 75.6 Å². The predicted molar refractivity (Wildman–Crippen MR) is 99.3 cm³/mol. The van der Waals surface area contributed by atoms with Gasteiger partial charge in [0.05, 0.1) is 18.3 Å². The SMILES string of the molecule is O=c1[nH]c2nc(Sc3cccc(C(F)(F)F)c3)ncc2n1Cc1ccccc1. The van der Waals surface area contributed by atoms with Gasteiger partial charge in [-0.3, -0.25) is 9.55 Å². The molecule has 0 spiro atoms. The van der Waals surface area contributed by atoms with Crippen molar-refractivity contribution in [2.75, 3.05) is 0 Å². The van der Waals surface area contributed by atoms with Crippen molar-refractivity contribution in [3.63, 3.8) is 0 Å². The number of aromatic amines is 1. The second kappa shape index (κ2) is 7.16. The Morgan fingerprint density at radius 3 is 2.61 bits per heavy atom. The van der Waals surface area contributed by atoms with E-state index in [1.165, 1.54) is 16.8 Å². The highest BCUT2D eigenvalue weighted by molar-refractivity contribution is 7.99. The van der Waals surface area contributed by atoms with Crippen LogP contribution in [0.4, 0.5) is 13.2 Å². The van der Waals surface area contributed by atoms with Crippen LogP contribution in [-0.2, 0) is 12.7 Å². The topological polar surface area (TPSA) is 63.6 Å². The van der Waals surface area contributed by atoms with Gasteiger partial charge >= 0.3 is 11.9 Å². The van der Waals surface area contributed by atoms with Crippen LogP contribution in [0.2, 0.25) is 0 Å². The van der Waals surface area contributed by atoms with Gasteiger partial charge in [0.15, 0.2) is 10.8 Å². The van der Waals surface area contributed by atoms with E-state index < -0.39 is 11.7 Å². The van der Waals surface area contributed by atoms with Crippen molar-refractivity contribution < 1.29 is 13.2 Å². The Labute approximate surface area is 161 Å². The molecule has 2 heterocycles.